The van der Waals surface area contributed by atoms with Crippen molar-refractivity contribution < 1.29 is 0 Å². The molecule has 0 fully saturated rings. The highest BCUT2D eigenvalue weighted by molar-refractivity contribution is 6.18. The highest BCUT2D eigenvalue weighted by atomic mass is 35.5. The highest BCUT2D eigenvalue weighted by Crippen LogP contribution is 2.40. The molecule has 0 nitrogen and oxygen atoms in total. The van der Waals surface area contributed by atoms with Crippen molar-refractivity contribution in [3.63, 3.8) is 0 Å². The first kappa shape index (κ1) is 14.8. The monoisotopic (exact) mass is 254 g/mol. The van der Waals surface area contributed by atoms with E-state index in [9.17, 15) is 0 Å². The summed E-state index contributed by atoms with van der Waals surface area (Å²) in [6, 6.07) is 0. The van der Waals surface area contributed by atoms with Gasteiger partial charge in [-0.05, 0) is 44.6 Å². The molecule has 0 aromatic heterocycles. The number of halogens is 1. The van der Waals surface area contributed by atoms with E-state index in [-0.39, 0.29) is 5.41 Å². The summed E-state index contributed by atoms with van der Waals surface area (Å²) in [5.41, 5.74) is 4.94. The molecular weight excluding hydrogens is 228 g/mol. The van der Waals surface area contributed by atoms with Crippen molar-refractivity contribution in [2.45, 2.75) is 66.2 Å². The van der Waals surface area contributed by atoms with Crippen LogP contribution in [0.3, 0.4) is 0 Å². The lowest BCUT2D eigenvalue weighted by molar-refractivity contribution is 0.416. The van der Waals surface area contributed by atoms with Crippen molar-refractivity contribution in [3.05, 3.63) is 22.8 Å². The van der Waals surface area contributed by atoms with Crippen LogP contribution < -0.4 is 0 Å². The molecule has 1 atom stereocenters. The first-order chi connectivity index (χ1) is 8.07. The molecule has 1 aliphatic carbocycles. The van der Waals surface area contributed by atoms with E-state index < -0.39 is 0 Å². The Kier molecular flexibility index (Phi) is 5.79. The second-order valence-corrected chi connectivity index (χ2v) is 5.87. The minimum absolute atomic E-state index is 0.204. The molecule has 1 unspecified atom stereocenters. The van der Waals surface area contributed by atoms with Gasteiger partial charge in [0, 0.05) is 11.3 Å². The van der Waals surface area contributed by atoms with Crippen LogP contribution in [0.25, 0.3) is 0 Å². The maximum absolute atomic E-state index is 6.17. The fourth-order valence-electron chi connectivity index (χ4n) is 2.51. The number of alkyl halides is 1. The van der Waals surface area contributed by atoms with Gasteiger partial charge >= 0.3 is 0 Å². The quantitative estimate of drug-likeness (QED) is 0.539. The van der Waals surface area contributed by atoms with Crippen molar-refractivity contribution in [1.82, 2.24) is 0 Å². The molecule has 0 bridgehead atoms. The largest absolute Gasteiger partial charge is 0.126 e. The zero-order chi connectivity index (χ0) is 12.9. The Balaban J connectivity index is 2.96. The molecule has 1 rings (SSSR count). The van der Waals surface area contributed by atoms with Crippen molar-refractivity contribution in [1.29, 1.82) is 0 Å². The number of rotatable bonds is 5. The zero-order valence-electron chi connectivity index (χ0n) is 11.9. The Morgan fingerprint density at radius 1 is 1.35 bits per heavy atom. The summed E-state index contributed by atoms with van der Waals surface area (Å²) in [5, 5.41) is 0. The van der Waals surface area contributed by atoms with Gasteiger partial charge in [-0.1, -0.05) is 44.4 Å². The summed E-state index contributed by atoms with van der Waals surface area (Å²) < 4.78 is 0. The number of hydrogen-bond donors (Lipinski definition) is 0. The topological polar surface area (TPSA) is 0 Å². The third-order valence-electron chi connectivity index (χ3n) is 4.30. The Morgan fingerprint density at radius 2 is 2.06 bits per heavy atom. The van der Waals surface area contributed by atoms with Gasteiger partial charge in [-0.15, -0.1) is 11.6 Å². The maximum atomic E-state index is 6.17. The van der Waals surface area contributed by atoms with Crippen LogP contribution in [0.2, 0.25) is 0 Å². The van der Waals surface area contributed by atoms with Crippen molar-refractivity contribution in [3.8, 4) is 0 Å². The van der Waals surface area contributed by atoms with Gasteiger partial charge in [0.1, 0.15) is 0 Å². The summed E-state index contributed by atoms with van der Waals surface area (Å²) in [7, 11) is 0. The second-order valence-electron chi connectivity index (χ2n) is 5.61. The van der Waals surface area contributed by atoms with Crippen LogP contribution in [0.15, 0.2) is 22.8 Å². The molecule has 0 aliphatic heterocycles. The minimum Gasteiger partial charge on any atom is -0.126 e. The fraction of sp³-hybridized carbons (Fsp3) is 0.750. The molecule has 0 saturated carbocycles. The first-order valence-electron chi connectivity index (χ1n) is 7.03. The first-order valence-corrected chi connectivity index (χ1v) is 7.56. The third kappa shape index (κ3) is 3.61. The van der Waals surface area contributed by atoms with Crippen LogP contribution in [-0.2, 0) is 0 Å². The Labute approximate surface area is 112 Å². The molecule has 98 valence electrons. The van der Waals surface area contributed by atoms with Crippen molar-refractivity contribution >= 4 is 11.6 Å². The van der Waals surface area contributed by atoms with Crippen LogP contribution in [-0.4, -0.2) is 5.88 Å². The molecule has 1 aliphatic rings. The molecular formula is C16H27Cl. The van der Waals surface area contributed by atoms with Gasteiger partial charge in [-0.25, -0.2) is 0 Å². The Morgan fingerprint density at radius 3 is 2.59 bits per heavy atom. The van der Waals surface area contributed by atoms with E-state index in [2.05, 4.69) is 33.8 Å². The third-order valence-corrected chi connectivity index (χ3v) is 4.89. The summed E-state index contributed by atoms with van der Waals surface area (Å²) in [6.07, 6.45) is 9.89. The molecule has 17 heavy (non-hydrogen) atoms. The maximum Gasteiger partial charge on any atom is 0.0314 e. The normalized spacial score (nSPS) is 25.8. The highest BCUT2D eigenvalue weighted by Gasteiger charge is 2.27. The van der Waals surface area contributed by atoms with E-state index in [0.29, 0.717) is 0 Å². The molecule has 1 heteroatoms. The molecule has 0 amide bonds. The van der Waals surface area contributed by atoms with E-state index in [1.165, 1.54) is 44.1 Å². The van der Waals surface area contributed by atoms with Gasteiger partial charge in [0.25, 0.3) is 0 Å². The predicted octanol–water partition coefficient (Wildman–Crippen LogP) is 5.87. The summed E-state index contributed by atoms with van der Waals surface area (Å²) >= 11 is 6.17. The minimum atomic E-state index is 0.204. The van der Waals surface area contributed by atoms with Gasteiger partial charge in [0.05, 0.1) is 0 Å². The average molecular weight is 255 g/mol. The number of allylic oxidation sites excluding steroid dienone is 4. The van der Waals surface area contributed by atoms with Crippen LogP contribution in [0.5, 0.6) is 0 Å². The van der Waals surface area contributed by atoms with Crippen LogP contribution in [0.4, 0.5) is 0 Å². The molecule has 0 aromatic carbocycles. The van der Waals surface area contributed by atoms with Crippen molar-refractivity contribution in [2.24, 2.45) is 5.41 Å². The smallest absolute Gasteiger partial charge is 0.0314 e. The molecule has 0 aromatic rings. The number of unbranched alkanes of at least 4 members (excludes halogenated alkanes) is 1. The lowest BCUT2D eigenvalue weighted by Gasteiger charge is -2.27. The SMILES string of the molecule is CCCCC1=C(CC)CCC(C)(CCl)C(C)=C1. The zero-order valence-corrected chi connectivity index (χ0v) is 12.7. The van der Waals surface area contributed by atoms with E-state index in [0.717, 1.165) is 5.88 Å². The van der Waals surface area contributed by atoms with E-state index >= 15 is 0 Å². The molecule has 0 radical (unpaired) electrons. The van der Waals surface area contributed by atoms with Crippen LogP contribution >= 0.6 is 11.6 Å². The van der Waals surface area contributed by atoms with E-state index in [1.54, 1.807) is 11.1 Å². The lowest BCUT2D eigenvalue weighted by atomic mass is 9.81. The summed E-state index contributed by atoms with van der Waals surface area (Å²) in [5.74, 6) is 0.743. The second kappa shape index (κ2) is 6.64. The lowest BCUT2D eigenvalue weighted by Crippen LogP contribution is -2.19. The van der Waals surface area contributed by atoms with Crippen molar-refractivity contribution in [2.75, 3.05) is 5.88 Å². The Bertz CT molecular complexity index is 311. The fourth-order valence-corrected chi connectivity index (χ4v) is 2.86. The average Bonchev–Trinajstić information content (AvgIpc) is 2.46. The molecule has 0 heterocycles. The number of hydrogen-bond acceptors (Lipinski definition) is 0. The molecule has 0 spiro atoms. The predicted molar refractivity (Wildman–Crippen MR) is 78.7 cm³/mol. The van der Waals surface area contributed by atoms with Crippen LogP contribution in [0, 0.1) is 5.41 Å². The van der Waals surface area contributed by atoms with E-state index in [1.807, 2.05) is 0 Å². The van der Waals surface area contributed by atoms with Crippen LogP contribution in [0.1, 0.15) is 66.2 Å². The standard InChI is InChI=1S/C16H27Cl/c1-5-7-8-15-11-13(3)16(4,12-17)10-9-14(15)6-2/h11H,5-10,12H2,1-4H3. The van der Waals surface area contributed by atoms with E-state index in [4.69, 9.17) is 11.6 Å². The van der Waals surface area contributed by atoms with Gasteiger partial charge in [-0.2, -0.15) is 0 Å². The van der Waals surface area contributed by atoms with Gasteiger partial charge in [0.15, 0.2) is 0 Å². The summed E-state index contributed by atoms with van der Waals surface area (Å²) in [4.78, 5) is 0. The van der Waals surface area contributed by atoms with Gasteiger partial charge in [0.2, 0.25) is 0 Å². The Hall–Kier alpha value is -0.230. The summed E-state index contributed by atoms with van der Waals surface area (Å²) in [6.45, 7) is 9.12. The van der Waals surface area contributed by atoms with Gasteiger partial charge in [-0.3, -0.25) is 0 Å². The molecule has 0 N–H and O–H groups in total. The van der Waals surface area contributed by atoms with Gasteiger partial charge < -0.3 is 0 Å². The molecule has 0 saturated heterocycles.